The normalized spacial score (nSPS) is 11.0. The Kier molecular flexibility index (Phi) is 3.42. The van der Waals surface area contributed by atoms with Crippen LogP contribution >= 0.6 is 11.3 Å². The summed E-state index contributed by atoms with van der Waals surface area (Å²) in [6, 6.07) is 4.89. The summed E-state index contributed by atoms with van der Waals surface area (Å²) in [6.45, 7) is 2.10. The lowest BCUT2D eigenvalue weighted by Gasteiger charge is -2.14. The van der Waals surface area contributed by atoms with E-state index in [4.69, 9.17) is 0 Å². The summed E-state index contributed by atoms with van der Waals surface area (Å²) in [5.41, 5.74) is 0.683. The average molecular weight is 304 g/mol. The van der Waals surface area contributed by atoms with E-state index in [1.807, 2.05) is 6.07 Å². The number of aryl methyl sites for hydroxylation is 1. The second-order valence-corrected chi connectivity index (χ2v) is 5.81. The minimum atomic E-state index is -0.293. The van der Waals surface area contributed by atoms with Gasteiger partial charge in [0.2, 0.25) is 0 Å². The van der Waals surface area contributed by atoms with Crippen molar-refractivity contribution in [1.29, 1.82) is 0 Å². The molecule has 1 amide bonds. The van der Waals surface area contributed by atoms with Gasteiger partial charge in [-0.25, -0.2) is 9.37 Å². The van der Waals surface area contributed by atoms with Crippen LogP contribution in [0.3, 0.4) is 0 Å². The fourth-order valence-electron chi connectivity index (χ4n) is 2.23. The second-order valence-electron chi connectivity index (χ2n) is 4.76. The van der Waals surface area contributed by atoms with Gasteiger partial charge in [-0.05, 0) is 24.6 Å². The van der Waals surface area contributed by atoms with Crippen LogP contribution in [0.4, 0.5) is 4.39 Å². The van der Waals surface area contributed by atoms with Crippen molar-refractivity contribution in [2.24, 2.45) is 0 Å². The van der Waals surface area contributed by atoms with Gasteiger partial charge in [-0.2, -0.15) is 5.10 Å². The van der Waals surface area contributed by atoms with Crippen LogP contribution in [0.5, 0.6) is 0 Å². The number of aromatic amines is 1. The zero-order valence-electron chi connectivity index (χ0n) is 11.6. The van der Waals surface area contributed by atoms with Gasteiger partial charge >= 0.3 is 0 Å². The Morgan fingerprint density at radius 2 is 2.29 bits per heavy atom. The Balaban J connectivity index is 1.94. The molecule has 0 saturated carbocycles. The number of H-pyrrole nitrogens is 1. The molecule has 0 atom stereocenters. The molecule has 0 radical (unpaired) electrons. The van der Waals surface area contributed by atoms with Crippen molar-refractivity contribution < 1.29 is 9.18 Å². The van der Waals surface area contributed by atoms with E-state index >= 15 is 0 Å². The summed E-state index contributed by atoms with van der Waals surface area (Å²) in [5.74, 6) is 0.165. The van der Waals surface area contributed by atoms with Crippen LogP contribution in [0.1, 0.15) is 21.1 Å². The number of hydrogen-bond acceptors (Lipinski definition) is 4. The number of aromatic nitrogens is 3. The van der Waals surface area contributed by atoms with E-state index in [0.717, 1.165) is 4.70 Å². The predicted molar refractivity (Wildman–Crippen MR) is 78.7 cm³/mol. The molecule has 3 rings (SSSR count). The van der Waals surface area contributed by atoms with Crippen LogP contribution in [-0.2, 0) is 6.54 Å². The van der Waals surface area contributed by atoms with E-state index in [-0.39, 0.29) is 11.7 Å². The van der Waals surface area contributed by atoms with Crippen molar-refractivity contribution in [3.63, 3.8) is 0 Å². The maximum absolute atomic E-state index is 13.9. The molecule has 1 aromatic carbocycles. The molecule has 0 saturated heterocycles. The molecule has 0 unspecified atom stereocenters. The fraction of sp³-hybridized carbons (Fsp3) is 0.214. The van der Waals surface area contributed by atoms with Crippen molar-refractivity contribution in [3.8, 4) is 0 Å². The molecule has 0 spiro atoms. The maximum Gasteiger partial charge on any atom is 0.264 e. The van der Waals surface area contributed by atoms with Crippen molar-refractivity contribution in [3.05, 3.63) is 46.6 Å². The molecule has 0 fully saturated rings. The summed E-state index contributed by atoms with van der Waals surface area (Å²) in [7, 11) is 1.69. The third-order valence-electron chi connectivity index (χ3n) is 3.30. The number of carbonyl (C=O) groups is 1. The number of amides is 1. The SMILES string of the molecule is Cc1c(C(=O)N(C)Cc2ncn[nH]2)sc2cccc(F)c12. The van der Waals surface area contributed by atoms with Crippen molar-refractivity contribution in [2.75, 3.05) is 7.05 Å². The van der Waals surface area contributed by atoms with Gasteiger partial charge in [0.25, 0.3) is 5.91 Å². The van der Waals surface area contributed by atoms with E-state index < -0.39 is 0 Å². The van der Waals surface area contributed by atoms with Crippen LogP contribution in [0.15, 0.2) is 24.5 Å². The van der Waals surface area contributed by atoms with Gasteiger partial charge in [0.05, 0.1) is 11.4 Å². The number of fused-ring (bicyclic) bond motifs is 1. The van der Waals surface area contributed by atoms with Crippen LogP contribution in [0.2, 0.25) is 0 Å². The van der Waals surface area contributed by atoms with Gasteiger partial charge in [0, 0.05) is 17.1 Å². The molecule has 0 bridgehead atoms. The highest BCUT2D eigenvalue weighted by atomic mass is 32.1. The average Bonchev–Trinajstić information content (AvgIpc) is 3.07. The second kappa shape index (κ2) is 5.25. The largest absolute Gasteiger partial charge is 0.333 e. The van der Waals surface area contributed by atoms with Gasteiger partial charge in [-0.15, -0.1) is 11.3 Å². The summed E-state index contributed by atoms with van der Waals surface area (Å²) in [4.78, 5) is 18.6. The number of hydrogen-bond donors (Lipinski definition) is 1. The van der Waals surface area contributed by atoms with Gasteiger partial charge in [-0.3, -0.25) is 9.89 Å². The van der Waals surface area contributed by atoms with E-state index in [2.05, 4.69) is 15.2 Å². The van der Waals surface area contributed by atoms with Crippen molar-refractivity contribution in [2.45, 2.75) is 13.5 Å². The molecule has 0 aliphatic carbocycles. The number of carbonyl (C=O) groups excluding carboxylic acids is 1. The first kappa shape index (κ1) is 13.7. The third-order valence-corrected chi connectivity index (χ3v) is 4.54. The molecule has 0 aliphatic rings. The first-order valence-corrected chi connectivity index (χ1v) is 7.17. The molecular weight excluding hydrogens is 291 g/mol. The Hall–Kier alpha value is -2.28. The highest BCUT2D eigenvalue weighted by molar-refractivity contribution is 7.21. The lowest BCUT2D eigenvalue weighted by atomic mass is 10.1. The van der Waals surface area contributed by atoms with E-state index in [1.165, 1.54) is 28.6 Å². The predicted octanol–water partition coefficient (Wildman–Crippen LogP) is 2.74. The summed E-state index contributed by atoms with van der Waals surface area (Å²) < 4.78 is 14.7. The maximum atomic E-state index is 13.9. The molecule has 21 heavy (non-hydrogen) atoms. The van der Waals surface area contributed by atoms with Crippen LogP contribution in [-0.4, -0.2) is 33.0 Å². The number of nitrogens with zero attached hydrogens (tertiary/aromatic N) is 3. The monoisotopic (exact) mass is 304 g/mol. The first-order valence-electron chi connectivity index (χ1n) is 6.35. The highest BCUT2D eigenvalue weighted by Gasteiger charge is 2.21. The molecule has 5 nitrogen and oxygen atoms in total. The van der Waals surface area contributed by atoms with Crippen LogP contribution < -0.4 is 0 Å². The quantitative estimate of drug-likeness (QED) is 0.809. The summed E-state index contributed by atoms with van der Waals surface area (Å²) in [5, 5.41) is 6.99. The molecule has 108 valence electrons. The minimum Gasteiger partial charge on any atom is -0.333 e. The lowest BCUT2D eigenvalue weighted by molar-refractivity contribution is 0.0786. The molecule has 0 aliphatic heterocycles. The van der Waals surface area contributed by atoms with Gasteiger partial charge in [-0.1, -0.05) is 6.07 Å². The third kappa shape index (κ3) is 2.40. The van der Waals surface area contributed by atoms with Crippen molar-refractivity contribution >= 4 is 27.3 Å². The first-order chi connectivity index (χ1) is 10.1. The van der Waals surface area contributed by atoms with Gasteiger partial charge < -0.3 is 4.90 Å². The Bertz CT molecular complexity index is 797. The minimum absolute atomic E-state index is 0.149. The van der Waals surface area contributed by atoms with E-state index in [0.29, 0.717) is 28.2 Å². The van der Waals surface area contributed by atoms with Gasteiger partial charge in [0.1, 0.15) is 18.0 Å². The smallest absolute Gasteiger partial charge is 0.264 e. The standard InChI is InChI=1S/C14H13FN4OS/c1-8-12-9(15)4-3-5-10(12)21-13(8)14(20)19(2)6-11-16-7-17-18-11/h3-5,7H,6H2,1-2H3,(H,16,17,18). The lowest BCUT2D eigenvalue weighted by Crippen LogP contribution is -2.26. The number of benzene rings is 1. The number of halogens is 1. The topological polar surface area (TPSA) is 61.9 Å². The molecular formula is C14H13FN4OS. The van der Waals surface area contributed by atoms with Crippen molar-refractivity contribution in [1.82, 2.24) is 20.1 Å². The van der Waals surface area contributed by atoms with E-state index in [9.17, 15) is 9.18 Å². The number of thiophene rings is 1. The van der Waals surface area contributed by atoms with Crippen LogP contribution in [0.25, 0.3) is 10.1 Å². The zero-order valence-corrected chi connectivity index (χ0v) is 12.4. The molecule has 7 heteroatoms. The summed E-state index contributed by atoms with van der Waals surface area (Å²) >= 11 is 1.31. The number of rotatable bonds is 3. The Labute approximate surface area is 124 Å². The molecule has 3 aromatic rings. The zero-order chi connectivity index (χ0) is 15.0. The molecule has 2 heterocycles. The van der Waals surface area contributed by atoms with Crippen LogP contribution in [0, 0.1) is 12.7 Å². The van der Waals surface area contributed by atoms with Gasteiger partial charge in [0.15, 0.2) is 0 Å². The molecule has 1 N–H and O–H groups in total. The van der Waals surface area contributed by atoms with E-state index in [1.54, 1.807) is 20.0 Å². The number of nitrogens with one attached hydrogen (secondary N) is 1. The molecule has 2 aromatic heterocycles. The Morgan fingerprint density at radius 3 is 2.95 bits per heavy atom. The summed E-state index contributed by atoms with van der Waals surface area (Å²) in [6.07, 6.45) is 1.40. The Morgan fingerprint density at radius 1 is 1.48 bits per heavy atom. The highest BCUT2D eigenvalue weighted by Crippen LogP contribution is 2.33. The fourth-order valence-corrected chi connectivity index (χ4v) is 3.45.